The van der Waals surface area contributed by atoms with Gasteiger partial charge in [-0.25, -0.2) is 4.68 Å². The molecule has 1 atom stereocenters. The first kappa shape index (κ1) is 16.2. The lowest BCUT2D eigenvalue weighted by molar-refractivity contribution is -0.113. The Kier molecular flexibility index (Phi) is 4.70. The van der Waals surface area contributed by atoms with Crippen molar-refractivity contribution in [2.75, 3.05) is 24.5 Å². The third-order valence-electron chi connectivity index (χ3n) is 3.89. The Hall–Kier alpha value is -2.33. The molecule has 1 N–H and O–H groups in total. The smallest absolute Gasteiger partial charge is 0.234 e. The number of hydrogen-bond acceptors (Lipinski definition) is 8. The van der Waals surface area contributed by atoms with Crippen LogP contribution in [0.15, 0.2) is 23.4 Å². The lowest BCUT2D eigenvalue weighted by Crippen LogP contribution is -2.18. The number of amides is 1. The molecule has 2 aromatic rings. The summed E-state index contributed by atoms with van der Waals surface area (Å²) < 4.78 is 17.8. The Morgan fingerprint density at radius 1 is 1.36 bits per heavy atom. The highest BCUT2D eigenvalue weighted by Crippen LogP contribution is 2.34. The fourth-order valence-electron chi connectivity index (χ4n) is 2.70. The molecular weight excluding hydrogens is 346 g/mol. The van der Waals surface area contributed by atoms with Gasteiger partial charge in [0, 0.05) is 18.4 Å². The van der Waals surface area contributed by atoms with Crippen molar-refractivity contribution < 1.29 is 19.0 Å². The van der Waals surface area contributed by atoms with E-state index in [0.29, 0.717) is 28.9 Å². The van der Waals surface area contributed by atoms with E-state index in [1.54, 1.807) is 22.9 Å². The monoisotopic (exact) mass is 363 g/mol. The number of thioether (sulfide) groups is 1. The van der Waals surface area contributed by atoms with Crippen molar-refractivity contribution in [1.82, 2.24) is 20.2 Å². The summed E-state index contributed by atoms with van der Waals surface area (Å²) in [6.07, 6.45) is 2.22. The van der Waals surface area contributed by atoms with Crippen molar-refractivity contribution in [3.63, 3.8) is 0 Å². The molecule has 2 aliphatic rings. The predicted molar refractivity (Wildman–Crippen MR) is 88.7 cm³/mol. The summed E-state index contributed by atoms with van der Waals surface area (Å²) in [6.45, 7) is 1.60. The molecule has 1 fully saturated rings. The zero-order valence-corrected chi connectivity index (χ0v) is 14.2. The number of carbonyl (C=O) groups excluding carboxylic acids is 1. The minimum atomic E-state index is -0.143. The van der Waals surface area contributed by atoms with Crippen LogP contribution in [0.1, 0.15) is 12.8 Å². The summed E-state index contributed by atoms with van der Waals surface area (Å²) in [7, 11) is 0. The number of aromatic nitrogens is 4. The fourth-order valence-corrected chi connectivity index (χ4v) is 3.38. The number of hydrogen-bond donors (Lipinski definition) is 1. The van der Waals surface area contributed by atoms with E-state index >= 15 is 0 Å². The van der Waals surface area contributed by atoms with Crippen molar-refractivity contribution in [2.24, 2.45) is 0 Å². The zero-order valence-electron chi connectivity index (χ0n) is 13.4. The van der Waals surface area contributed by atoms with Crippen LogP contribution < -0.4 is 14.8 Å². The topological polar surface area (TPSA) is 100 Å². The van der Waals surface area contributed by atoms with E-state index < -0.39 is 0 Å². The van der Waals surface area contributed by atoms with E-state index in [9.17, 15) is 4.79 Å². The van der Waals surface area contributed by atoms with Gasteiger partial charge < -0.3 is 19.5 Å². The van der Waals surface area contributed by atoms with Crippen LogP contribution in [-0.4, -0.2) is 51.4 Å². The lowest BCUT2D eigenvalue weighted by atomic mass is 10.2. The molecule has 1 saturated heterocycles. The van der Waals surface area contributed by atoms with Crippen molar-refractivity contribution >= 4 is 23.4 Å². The Balaban J connectivity index is 1.31. The van der Waals surface area contributed by atoms with Gasteiger partial charge in [-0.1, -0.05) is 11.8 Å². The second-order valence-electron chi connectivity index (χ2n) is 5.68. The Morgan fingerprint density at radius 3 is 3.16 bits per heavy atom. The highest BCUT2D eigenvalue weighted by atomic mass is 32.2. The van der Waals surface area contributed by atoms with E-state index in [2.05, 4.69) is 20.8 Å². The van der Waals surface area contributed by atoms with Gasteiger partial charge in [-0.2, -0.15) is 0 Å². The van der Waals surface area contributed by atoms with E-state index in [1.807, 2.05) is 0 Å². The summed E-state index contributed by atoms with van der Waals surface area (Å²) in [6, 6.07) is 5.29. The van der Waals surface area contributed by atoms with Gasteiger partial charge in [0.15, 0.2) is 11.5 Å². The molecule has 0 saturated carbocycles. The number of rotatable bonds is 6. The predicted octanol–water partition coefficient (Wildman–Crippen LogP) is 1.31. The van der Waals surface area contributed by atoms with Crippen LogP contribution in [0.3, 0.4) is 0 Å². The zero-order chi connectivity index (χ0) is 17.1. The number of nitrogens with one attached hydrogen (secondary N) is 1. The Bertz CT molecular complexity index is 762. The number of tetrazole rings is 1. The number of fused-ring (bicyclic) bond motifs is 1. The molecule has 9 nitrogen and oxygen atoms in total. The van der Waals surface area contributed by atoms with Gasteiger partial charge in [0.05, 0.1) is 18.4 Å². The molecule has 25 heavy (non-hydrogen) atoms. The van der Waals surface area contributed by atoms with Crippen LogP contribution in [0.25, 0.3) is 0 Å². The van der Waals surface area contributed by atoms with Gasteiger partial charge in [0.2, 0.25) is 17.9 Å². The van der Waals surface area contributed by atoms with Crippen LogP contribution in [-0.2, 0) is 16.1 Å². The van der Waals surface area contributed by atoms with Crippen LogP contribution in [0.5, 0.6) is 11.5 Å². The molecule has 1 amide bonds. The van der Waals surface area contributed by atoms with Crippen LogP contribution in [0.4, 0.5) is 5.69 Å². The highest BCUT2D eigenvalue weighted by Gasteiger charge is 2.19. The molecule has 1 aromatic heterocycles. The molecule has 0 aliphatic carbocycles. The summed E-state index contributed by atoms with van der Waals surface area (Å²) in [5.74, 6) is 1.38. The molecule has 0 spiro atoms. The Labute approximate surface area is 148 Å². The van der Waals surface area contributed by atoms with E-state index in [0.717, 1.165) is 19.4 Å². The summed E-state index contributed by atoms with van der Waals surface area (Å²) in [5, 5.41) is 15.1. The van der Waals surface area contributed by atoms with Gasteiger partial charge in [0.25, 0.3) is 0 Å². The minimum absolute atomic E-state index is 0.143. The average Bonchev–Trinajstić information content (AvgIpc) is 3.35. The highest BCUT2D eigenvalue weighted by molar-refractivity contribution is 7.99. The minimum Gasteiger partial charge on any atom is -0.454 e. The summed E-state index contributed by atoms with van der Waals surface area (Å²) in [5.41, 5.74) is 0.661. The quantitative estimate of drug-likeness (QED) is 0.767. The maximum atomic E-state index is 12.2. The number of nitrogens with zero attached hydrogens (tertiary/aromatic N) is 4. The summed E-state index contributed by atoms with van der Waals surface area (Å²) >= 11 is 1.29. The molecule has 4 rings (SSSR count). The van der Waals surface area contributed by atoms with Gasteiger partial charge in [-0.15, -0.1) is 5.10 Å². The molecule has 1 aromatic carbocycles. The van der Waals surface area contributed by atoms with Gasteiger partial charge in [-0.3, -0.25) is 4.79 Å². The van der Waals surface area contributed by atoms with E-state index in [-0.39, 0.29) is 24.6 Å². The number of ether oxygens (including phenoxy) is 3. The standard InChI is InChI=1S/C15H17N5O4S/c21-14(16-10-3-4-12-13(6-10)24-9-23-12)8-25-15-17-18-19-20(15)7-11-2-1-5-22-11/h3-4,6,11H,1-2,5,7-9H2,(H,16,21)/t11-/m1/s1. The normalized spacial score (nSPS) is 18.5. The lowest BCUT2D eigenvalue weighted by Gasteiger charge is -2.10. The van der Waals surface area contributed by atoms with Crippen LogP contribution in [0.2, 0.25) is 0 Å². The molecule has 0 bridgehead atoms. The average molecular weight is 363 g/mol. The molecular formula is C15H17N5O4S. The first-order valence-electron chi connectivity index (χ1n) is 7.98. The van der Waals surface area contributed by atoms with Gasteiger partial charge in [0.1, 0.15) is 0 Å². The van der Waals surface area contributed by atoms with Crippen molar-refractivity contribution in [2.45, 2.75) is 30.6 Å². The van der Waals surface area contributed by atoms with Crippen molar-refractivity contribution in [3.05, 3.63) is 18.2 Å². The first-order valence-corrected chi connectivity index (χ1v) is 8.96. The third-order valence-corrected chi connectivity index (χ3v) is 4.85. The molecule has 10 heteroatoms. The largest absolute Gasteiger partial charge is 0.454 e. The Morgan fingerprint density at radius 2 is 2.28 bits per heavy atom. The summed E-state index contributed by atoms with van der Waals surface area (Å²) in [4.78, 5) is 12.2. The SMILES string of the molecule is O=C(CSc1nnnn1C[C@H]1CCCO1)Nc1ccc2c(c1)OCO2. The number of carbonyl (C=O) groups is 1. The maximum absolute atomic E-state index is 12.2. The molecule has 0 unspecified atom stereocenters. The number of benzene rings is 1. The second-order valence-corrected chi connectivity index (χ2v) is 6.63. The van der Waals surface area contributed by atoms with Crippen molar-refractivity contribution in [3.8, 4) is 11.5 Å². The van der Waals surface area contributed by atoms with Gasteiger partial charge in [-0.05, 0) is 35.4 Å². The first-order chi connectivity index (χ1) is 12.3. The van der Waals surface area contributed by atoms with Crippen LogP contribution in [0, 0.1) is 0 Å². The molecule has 2 aliphatic heterocycles. The molecule has 132 valence electrons. The molecule has 0 radical (unpaired) electrons. The maximum Gasteiger partial charge on any atom is 0.234 e. The third kappa shape index (κ3) is 3.85. The van der Waals surface area contributed by atoms with Crippen molar-refractivity contribution in [1.29, 1.82) is 0 Å². The fraction of sp³-hybridized carbons (Fsp3) is 0.467. The van der Waals surface area contributed by atoms with E-state index in [4.69, 9.17) is 14.2 Å². The van der Waals surface area contributed by atoms with Gasteiger partial charge >= 0.3 is 0 Å². The van der Waals surface area contributed by atoms with E-state index in [1.165, 1.54) is 11.8 Å². The second kappa shape index (κ2) is 7.28. The number of anilines is 1. The van der Waals surface area contributed by atoms with Crippen LogP contribution >= 0.6 is 11.8 Å². The molecule has 3 heterocycles.